The fourth-order valence-electron chi connectivity index (χ4n) is 5.43. The van der Waals surface area contributed by atoms with E-state index in [4.69, 9.17) is 0 Å². The third kappa shape index (κ3) is 3.49. The molecule has 1 N–H and O–H groups in total. The molecule has 0 radical (unpaired) electrons. The van der Waals surface area contributed by atoms with E-state index in [1.165, 1.54) is 38.5 Å². The minimum atomic E-state index is -1.66. The normalized spacial score (nSPS) is 50.7. The number of hydrogen-bond acceptors (Lipinski definition) is 1. The average Bonchev–Trinajstić information content (AvgIpc) is 2.54. The van der Waals surface area contributed by atoms with E-state index in [0.717, 1.165) is 30.6 Å². The van der Waals surface area contributed by atoms with Crippen LogP contribution in [0.25, 0.3) is 0 Å². The van der Waals surface area contributed by atoms with Crippen molar-refractivity contribution in [2.75, 3.05) is 0 Å². The maximum Gasteiger partial charge on any atom is 0.157 e. The van der Waals surface area contributed by atoms with Crippen LogP contribution >= 0.6 is 0 Å². The van der Waals surface area contributed by atoms with E-state index < -0.39 is 18.4 Å². The first-order chi connectivity index (χ1) is 10.6. The molecule has 3 rings (SSSR count). The number of aliphatic hydroxyl groups excluding tert-OH is 1. The molecule has 3 aliphatic rings. The van der Waals surface area contributed by atoms with E-state index in [-0.39, 0.29) is 5.92 Å². The number of hydrogen-bond donors (Lipinski definition) is 1. The van der Waals surface area contributed by atoms with Gasteiger partial charge in [0.1, 0.15) is 6.17 Å². The van der Waals surface area contributed by atoms with Gasteiger partial charge in [0.05, 0.1) is 6.10 Å². The van der Waals surface area contributed by atoms with Crippen LogP contribution in [-0.2, 0) is 0 Å². The van der Waals surface area contributed by atoms with Crippen LogP contribution in [0.3, 0.4) is 0 Å². The zero-order valence-electron chi connectivity index (χ0n) is 13.9. The van der Waals surface area contributed by atoms with Gasteiger partial charge >= 0.3 is 0 Å². The third-order valence-electron chi connectivity index (χ3n) is 7.03. The molecule has 4 unspecified atom stereocenters. The molecule has 0 aromatic carbocycles. The molecule has 1 nitrogen and oxygen atoms in total. The molecule has 0 saturated heterocycles. The fourth-order valence-corrected chi connectivity index (χ4v) is 5.43. The Labute approximate surface area is 133 Å². The summed E-state index contributed by atoms with van der Waals surface area (Å²) in [5, 5.41) is 9.48. The zero-order valence-corrected chi connectivity index (χ0v) is 13.9. The molecule has 0 aliphatic heterocycles. The smallest absolute Gasteiger partial charge is 0.157 e. The lowest BCUT2D eigenvalue weighted by molar-refractivity contribution is -0.0561. The molecule has 3 heteroatoms. The molecule has 22 heavy (non-hydrogen) atoms. The van der Waals surface area contributed by atoms with Crippen LogP contribution in [-0.4, -0.2) is 23.6 Å². The Balaban J connectivity index is 1.49. The van der Waals surface area contributed by atoms with Crippen LogP contribution < -0.4 is 0 Å². The van der Waals surface area contributed by atoms with E-state index >= 15 is 0 Å². The second-order valence-electron chi connectivity index (χ2n) is 8.39. The van der Waals surface area contributed by atoms with Gasteiger partial charge in [-0.2, -0.15) is 0 Å². The SMILES string of the molecule is CC1CCC(C2CCC(C3CCC(O)C(F)C3F)CC2)CC1. The van der Waals surface area contributed by atoms with E-state index in [1.807, 2.05) is 0 Å². The molecule has 0 amide bonds. The molecular weight excluding hydrogens is 282 g/mol. The Morgan fingerprint density at radius 2 is 1.14 bits per heavy atom. The highest BCUT2D eigenvalue weighted by atomic mass is 19.2. The molecule has 3 aliphatic carbocycles. The predicted octanol–water partition coefficient (Wildman–Crippen LogP) is 5.07. The summed E-state index contributed by atoms with van der Waals surface area (Å²) in [4.78, 5) is 0. The lowest BCUT2D eigenvalue weighted by atomic mass is 9.65. The fraction of sp³-hybridized carbons (Fsp3) is 1.00. The van der Waals surface area contributed by atoms with Crippen LogP contribution in [0.15, 0.2) is 0 Å². The van der Waals surface area contributed by atoms with E-state index in [1.54, 1.807) is 0 Å². The third-order valence-corrected chi connectivity index (χ3v) is 7.03. The first-order valence-corrected chi connectivity index (χ1v) is 9.52. The van der Waals surface area contributed by atoms with Crippen molar-refractivity contribution in [1.29, 1.82) is 0 Å². The molecule has 0 bridgehead atoms. The zero-order chi connectivity index (χ0) is 15.7. The van der Waals surface area contributed by atoms with Crippen molar-refractivity contribution >= 4 is 0 Å². The molecule has 0 spiro atoms. The molecule has 3 saturated carbocycles. The van der Waals surface area contributed by atoms with Gasteiger partial charge in [-0.1, -0.05) is 19.8 Å². The molecule has 0 heterocycles. The summed E-state index contributed by atoms with van der Waals surface area (Å²) in [6, 6.07) is 0. The maximum atomic E-state index is 14.2. The Bertz CT molecular complexity index is 345. The molecule has 0 aromatic heterocycles. The summed E-state index contributed by atoms with van der Waals surface area (Å²) in [7, 11) is 0. The van der Waals surface area contributed by atoms with Crippen molar-refractivity contribution in [2.24, 2.45) is 29.6 Å². The van der Waals surface area contributed by atoms with Crippen LogP contribution in [0.1, 0.15) is 71.1 Å². The first-order valence-electron chi connectivity index (χ1n) is 9.52. The second-order valence-corrected chi connectivity index (χ2v) is 8.39. The molecule has 4 atom stereocenters. The maximum absolute atomic E-state index is 14.2. The van der Waals surface area contributed by atoms with Crippen LogP contribution in [0.4, 0.5) is 8.78 Å². The largest absolute Gasteiger partial charge is 0.390 e. The molecule has 3 fully saturated rings. The van der Waals surface area contributed by atoms with Gasteiger partial charge in [-0.3, -0.25) is 0 Å². The van der Waals surface area contributed by atoms with Crippen molar-refractivity contribution in [3.63, 3.8) is 0 Å². The number of aliphatic hydroxyl groups is 1. The summed E-state index contributed by atoms with van der Waals surface area (Å²) in [6.07, 6.45) is 7.01. The first kappa shape index (κ1) is 16.7. The molecule has 0 aromatic rings. The van der Waals surface area contributed by atoms with Crippen LogP contribution in [0.2, 0.25) is 0 Å². The molecular formula is C19H32F2O. The van der Waals surface area contributed by atoms with E-state index in [0.29, 0.717) is 18.8 Å². The monoisotopic (exact) mass is 314 g/mol. The Hall–Kier alpha value is -0.180. The highest BCUT2D eigenvalue weighted by molar-refractivity contribution is 4.93. The van der Waals surface area contributed by atoms with Crippen molar-refractivity contribution < 1.29 is 13.9 Å². The lowest BCUT2D eigenvalue weighted by Gasteiger charge is -2.42. The Morgan fingerprint density at radius 1 is 0.636 bits per heavy atom. The van der Waals surface area contributed by atoms with E-state index in [2.05, 4.69) is 6.92 Å². The van der Waals surface area contributed by atoms with Gasteiger partial charge in [0.2, 0.25) is 0 Å². The second kappa shape index (κ2) is 7.15. The highest BCUT2D eigenvalue weighted by Gasteiger charge is 2.44. The summed E-state index contributed by atoms with van der Waals surface area (Å²) in [5.74, 6) is 2.82. The quantitative estimate of drug-likeness (QED) is 0.755. The standard InChI is InChI=1S/C19H32F2O/c1-12-2-4-13(5-3-12)14-6-8-15(9-7-14)16-10-11-17(22)19(21)18(16)20/h12-19,22H,2-11H2,1H3. The van der Waals surface area contributed by atoms with Crippen molar-refractivity contribution in [3.05, 3.63) is 0 Å². The number of alkyl halides is 2. The van der Waals surface area contributed by atoms with Gasteiger partial charge in [-0.05, 0) is 81.0 Å². The van der Waals surface area contributed by atoms with Gasteiger partial charge in [0, 0.05) is 0 Å². The Morgan fingerprint density at radius 3 is 1.73 bits per heavy atom. The van der Waals surface area contributed by atoms with Gasteiger partial charge in [0.15, 0.2) is 6.17 Å². The minimum Gasteiger partial charge on any atom is -0.390 e. The minimum absolute atomic E-state index is 0.147. The van der Waals surface area contributed by atoms with Gasteiger partial charge in [-0.25, -0.2) is 8.78 Å². The Kier molecular flexibility index (Phi) is 5.42. The summed E-state index contributed by atoms with van der Waals surface area (Å²) in [6.45, 7) is 2.36. The van der Waals surface area contributed by atoms with Crippen molar-refractivity contribution in [2.45, 2.75) is 89.6 Å². The summed E-state index contributed by atoms with van der Waals surface area (Å²) in [5.41, 5.74) is 0. The molecule has 128 valence electrons. The summed E-state index contributed by atoms with van der Waals surface area (Å²) < 4.78 is 28.0. The van der Waals surface area contributed by atoms with Gasteiger partial charge < -0.3 is 5.11 Å². The number of rotatable bonds is 2. The highest BCUT2D eigenvalue weighted by Crippen LogP contribution is 2.46. The number of halogens is 2. The van der Waals surface area contributed by atoms with Crippen molar-refractivity contribution in [3.8, 4) is 0 Å². The topological polar surface area (TPSA) is 20.2 Å². The summed E-state index contributed by atoms with van der Waals surface area (Å²) >= 11 is 0. The van der Waals surface area contributed by atoms with Crippen molar-refractivity contribution in [1.82, 2.24) is 0 Å². The lowest BCUT2D eigenvalue weighted by Crippen LogP contribution is -2.44. The average molecular weight is 314 g/mol. The predicted molar refractivity (Wildman–Crippen MR) is 85.1 cm³/mol. The van der Waals surface area contributed by atoms with Gasteiger partial charge in [-0.15, -0.1) is 0 Å². The van der Waals surface area contributed by atoms with Gasteiger partial charge in [0.25, 0.3) is 0 Å². The van der Waals surface area contributed by atoms with Crippen LogP contribution in [0.5, 0.6) is 0 Å². The van der Waals surface area contributed by atoms with E-state index in [9.17, 15) is 13.9 Å². The van der Waals surface area contributed by atoms with Crippen LogP contribution in [0, 0.1) is 29.6 Å².